The predicted molar refractivity (Wildman–Crippen MR) is 31.3 cm³/mol. The van der Waals surface area contributed by atoms with Crippen LogP contribution in [0.4, 0.5) is 0 Å². The van der Waals surface area contributed by atoms with Crippen molar-refractivity contribution in [3.05, 3.63) is 0 Å². The van der Waals surface area contributed by atoms with Crippen molar-refractivity contribution in [3.63, 3.8) is 0 Å². The molecule has 0 aromatic rings. The molecule has 0 aromatic heterocycles. The number of carbonyl (C=O) groups excluding carboxylic acids is 1. The molecule has 5 heteroatoms. The SMILES string of the molecule is CCCC(=O)N=S(=O)=O. The zero-order valence-corrected chi connectivity index (χ0v) is 5.81. The lowest BCUT2D eigenvalue weighted by Crippen LogP contribution is -1.89. The van der Waals surface area contributed by atoms with E-state index < -0.39 is 16.4 Å². The van der Waals surface area contributed by atoms with Crippen LogP contribution >= 0.6 is 0 Å². The van der Waals surface area contributed by atoms with Crippen LogP contribution in [0.2, 0.25) is 0 Å². The Balaban J connectivity index is 3.94. The molecule has 0 unspecified atom stereocenters. The third-order valence-corrected chi connectivity index (χ3v) is 0.993. The Bertz CT molecular complexity index is 208. The summed E-state index contributed by atoms with van der Waals surface area (Å²) in [7, 11) is -2.57. The van der Waals surface area contributed by atoms with Crippen LogP contribution in [0.1, 0.15) is 19.8 Å². The molecule has 0 aromatic carbocycles. The highest BCUT2D eigenvalue weighted by Gasteiger charge is 1.94. The van der Waals surface area contributed by atoms with Gasteiger partial charge in [-0.3, -0.25) is 4.79 Å². The molecule has 0 fully saturated rings. The lowest BCUT2D eigenvalue weighted by atomic mass is 10.3. The van der Waals surface area contributed by atoms with Crippen LogP contribution in [0.5, 0.6) is 0 Å². The first-order valence-electron chi connectivity index (χ1n) is 2.50. The highest BCUT2D eigenvalue weighted by molar-refractivity contribution is 7.62. The fourth-order valence-electron chi connectivity index (χ4n) is 0.343. The second kappa shape index (κ2) is 4.20. The molecule has 9 heavy (non-hydrogen) atoms. The maximum absolute atomic E-state index is 10.3. The van der Waals surface area contributed by atoms with Gasteiger partial charge in [-0.15, -0.1) is 0 Å². The van der Waals surface area contributed by atoms with E-state index in [1.54, 1.807) is 6.92 Å². The lowest BCUT2D eigenvalue weighted by Gasteiger charge is -1.80. The molecular formula is C4H7NO3S. The minimum Gasteiger partial charge on any atom is -0.271 e. The number of amides is 1. The summed E-state index contributed by atoms with van der Waals surface area (Å²) in [5, 5.41) is 0. The molecule has 0 saturated heterocycles. The highest BCUT2D eigenvalue weighted by Crippen LogP contribution is 1.88. The predicted octanol–water partition coefficient (Wildman–Crippen LogP) is 0.376. The average Bonchev–Trinajstić information content (AvgIpc) is 1.63. The Morgan fingerprint density at radius 2 is 2.11 bits per heavy atom. The van der Waals surface area contributed by atoms with Crippen molar-refractivity contribution in [3.8, 4) is 0 Å². The molecule has 0 heterocycles. The first-order valence-corrected chi connectivity index (χ1v) is 3.54. The maximum Gasteiger partial charge on any atom is 0.319 e. The molecule has 0 saturated carbocycles. The average molecular weight is 149 g/mol. The van der Waals surface area contributed by atoms with Gasteiger partial charge in [0.2, 0.25) is 0 Å². The number of rotatable bonds is 2. The van der Waals surface area contributed by atoms with Gasteiger partial charge < -0.3 is 0 Å². The molecule has 0 spiro atoms. The standard InChI is InChI=1S/C4H7NO3S/c1-2-3-4(6)5-9(7)8/h2-3H2,1H3. The molecule has 0 atom stereocenters. The van der Waals surface area contributed by atoms with Crippen molar-refractivity contribution >= 4 is 16.4 Å². The van der Waals surface area contributed by atoms with E-state index in [0.29, 0.717) is 6.42 Å². The molecule has 0 bridgehead atoms. The minimum absolute atomic E-state index is 0.202. The van der Waals surface area contributed by atoms with Gasteiger partial charge in [-0.05, 0) is 6.42 Å². The summed E-state index contributed by atoms with van der Waals surface area (Å²) in [6.45, 7) is 1.78. The topological polar surface area (TPSA) is 63.6 Å². The first-order chi connectivity index (χ1) is 4.16. The van der Waals surface area contributed by atoms with Crippen molar-refractivity contribution in [2.75, 3.05) is 0 Å². The normalized spacial score (nSPS) is 8.56. The second-order valence-electron chi connectivity index (χ2n) is 1.45. The fourth-order valence-corrected chi connectivity index (χ4v) is 0.600. The summed E-state index contributed by atoms with van der Waals surface area (Å²) in [6.07, 6.45) is 0.827. The Morgan fingerprint density at radius 3 is 2.44 bits per heavy atom. The minimum atomic E-state index is -2.57. The summed E-state index contributed by atoms with van der Waals surface area (Å²) in [6, 6.07) is 0. The zero-order chi connectivity index (χ0) is 7.28. The smallest absolute Gasteiger partial charge is 0.271 e. The lowest BCUT2D eigenvalue weighted by molar-refractivity contribution is -0.117. The summed E-state index contributed by atoms with van der Waals surface area (Å²) in [4.78, 5) is 10.3. The van der Waals surface area contributed by atoms with Crippen molar-refractivity contribution < 1.29 is 13.2 Å². The van der Waals surface area contributed by atoms with Crippen molar-refractivity contribution in [1.29, 1.82) is 0 Å². The van der Waals surface area contributed by atoms with E-state index in [9.17, 15) is 13.2 Å². The van der Waals surface area contributed by atoms with E-state index in [0.717, 1.165) is 0 Å². The summed E-state index contributed by atoms with van der Waals surface area (Å²) in [5.41, 5.74) is 0. The fraction of sp³-hybridized carbons (Fsp3) is 0.750. The van der Waals surface area contributed by atoms with Gasteiger partial charge in [-0.2, -0.15) is 8.42 Å². The second-order valence-corrected chi connectivity index (χ2v) is 2.07. The van der Waals surface area contributed by atoms with Crippen LogP contribution in [-0.2, 0) is 15.3 Å². The maximum atomic E-state index is 10.3. The molecule has 0 aliphatic rings. The van der Waals surface area contributed by atoms with E-state index in [1.807, 2.05) is 0 Å². The van der Waals surface area contributed by atoms with Gasteiger partial charge in [0.05, 0.1) is 0 Å². The van der Waals surface area contributed by atoms with Crippen LogP contribution in [0, 0.1) is 0 Å². The third kappa shape index (κ3) is 5.16. The van der Waals surface area contributed by atoms with E-state index in [-0.39, 0.29) is 6.42 Å². The molecule has 0 aliphatic heterocycles. The molecule has 0 N–H and O–H groups in total. The first kappa shape index (κ1) is 8.29. The van der Waals surface area contributed by atoms with Crippen LogP contribution in [0.25, 0.3) is 0 Å². The highest BCUT2D eigenvalue weighted by atomic mass is 32.2. The van der Waals surface area contributed by atoms with E-state index >= 15 is 0 Å². The quantitative estimate of drug-likeness (QED) is 0.570. The summed E-state index contributed by atoms with van der Waals surface area (Å²) < 4.78 is 22.1. The Labute approximate surface area is 54.6 Å². The molecule has 1 amide bonds. The van der Waals surface area contributed by atoms with Gasteiger partial charge in [-0.1, -0.05) is 11.3 Å². The molecule has 0 radical (unpaired) electrons. The molecule has 0 rings (SSSR count). The zero-order valence-electron chi connectivity index (χ0n) is 4.99. The Morgan fingerprint density at radius 1 is 1.56 bits per heavy atom. The molecule has 52 valence electrons. The number of hydrogen-bond donors (Lipinski definition) is 0. The van der Waals surface area contributed by atoms with E-state index in [4.69, 9.17) is 0 Å². The number of nitrogens with zero attached hydrogens (tertiary/aromatic N) is 1. The van der Waals surface area contributed by atoms with Gasteiger partial charge in [0.15, 0.2) is 0 Å². The van der Waals surface area contributed by atoms with Crippen LogP contribution in [0.3, 0.4) is 0 Å². The van der Waals surface area contributed by atoms with E-state index in [1.165, 1.54) is 0 Å². The van der Waals surface area contributed by atoms with E-state index in [2.05, 4.69) is 4.36 Å². The molecule has 4 nitrogen and oxygen atoms in total. The largest absolute Gasteiger partial charge is 0.319 e. The van der Waals surface area contributed by atoms with Crippen LogP contribution < -0.4 is 0 Å². The van der Waals surface area contributed by atoms with Gasteiger partial charge in [0.25, 0.3) is 5.91 Å². The number of carbonyl (C=O) groups is 1. The molecule has 0 aliphatic carbocycles. The van der Waals surface area contributed by atoms with Crippen molar-refractivity contribution in [2.45, 2.75) is 19.8 Å². The van der Waals surface area contributed by atoms with Gasteiger partial charge >= 0.3 is 10.5 Å². The van der Waals surface area contributed by atoms with Gasteiger partial charge in [0, 0.05) is 6.42 Å². The third-order valence-electron chi connectivity index (χ3n) is 0.640. The van der Waals surface area contributed by atoms with Crippen molar-refractivity contribution in [2.24, 2.45) is 4.36 Å². The number of hydrogen-bond acceptors (Lipinski definition) is 3. The summed E-state index contributed by atoms with van der Waals surface area (Å²) >= 11 is 0. The monoisotopic (exact) mass is 149 g/mol. The molecular weight excluding hydrogens is 142 g/mol. The van der Waals surface area contributed by atoms with Gasteiger partial charge in [0.1, 0.15) is 0 Å². The Hall–Kier alpha value is -0.710. The summed E-state index contributed by atoms with van der Waals surface area (Å²) in [5.74, 6) is -0.578. The van der Waals surface area contributed by atoms with Crippen LogP contribution in [-0.4, -0.2) is 14.3 Å². The Kier molecular flexibility index (Phi) is 3.87. The van der Waals surface area contributed by atoms with Crippen molar-refractivity contribution in [1.82, 2.24) is 0 Å². The van der Waals surface area contributed by atoms with Crippen LogP contribution in [0.15, 0.2) is 4.36 Å². The van der Waals surface area contributed by atoms with Gasteiger partial charge in [-0.25, -0.2) is 0 Å².